The second-order valence-corrected chi connectivity index (χ2v) is 4.94. The van der Waals surface area contributed by atoms with Gasteiger partial charge in [-0.25, -0.2) is 0 Å². The monoisotopic (exact) mass is 330 g/mol. The van der Waals surface area contributed by atoms with Gasteiger partial charge in [-0.15, -0.1) is 0 Å². The number of nitrogens with one attached hydrogen (secondary N) is 1. The van der Waals surface area contributed by atoms with Gasteiger partial charge in [0.2, 0.25) is 0 Å². The van der Waals surface area contributed by atoms with Gasteiger partial charge in [-0.1, -0.05) is 18.2 Å². The molecule has 0 saturated carbocycles. The average Bonchev–Trinajstić information content (AvgIpc) is 2.57. The summed E-state index contributed by atoms with van der Waals surface area (Å²) in [7, 11) is 0. The molecule has 7 heteroatoms. The van der Waals surface area contributed by atoms with Crippen molar-refractivity contribution in [2.45, 2.75) is 20.0 Å². The van der Waals surface area contributed by atoms with Crippen molar-refractivity contribution in [2.24, 2.45) is 0 Å². The molecule has 1 unspecified atom stereocenters. The molecule has 2 rings (SSSR count). The molecule has 0 heterocycles. The summed E-state index contributed by atoms with van der Waals surface area (Å²) >= 11 is 0. The van der Waals surface area contributed by atoms with E-state index < -0.39 is 16.9 Å². The number of amides is 1. The molecule has 2 aromatic carbocycles. The van der Waals surface area contributed by atoms with E-state index in [0.717, 1.165) is 0 Å². The van der Waals surface area contributed by atoms with Crippen LogP contribution in [0.4, 0.5) is 11.4 Å². The number of nitro benzene ring substituents is 1. The Morgan fingerprint density at radius 3 is 2.58 bits per heavy atom. The van der Waals surface area contributed by atoms with E-state index in [0.29, 0.717) is 23.8 Å². The molecule has 0 spiro atoms. The van der Waals surface area contributed by atoms with E-state index in [-0.39, 0.29) is 5.69 Å². The topological polar surface area (TPSA) is 90.7 Å². The Balaban J connectivity index is 2.05. The van der Waals surface area contributed by atoms with Crippen LogP contribution in [-0.4, -0.2) is 23.5 Å². The fourth-order valence-corrected chi connectivity index (χ4v) is 2.01. The van der Waals surface area contributed by atoms with E-state index in [2.05, 4.69) is 5.32 Å². The molecule has 24 heavy (non-hydrogen) atoms. The minimum Gasteiger partial charge on any atom is -0.490 e. The van der Waals surface area contributed by atoms with Crippen LogP contribution in [0.15, 0.2) is 48.5 Å². The summed E-state index contributed by atoms with van der Waals surface area (Å²) in [6.07, 6.45) is -0.800. The lowest BCUT2D eigenvalue weighted by atomic mass is 10.2. The van der Waals surface area contributed by atoms with Gasteiger partial charge in [-0.05, 0) is 32.0 Å². The zero-order valence-corrected chi connectivity index (χ0v) is 13.4. The first kappa shape index (κ1) is 17.3. The maximum Gasteiger partial charge on any atom is 0.271 e. The number of non-ortho nitro benzene ring substituents is 1. The van der Waals surface area contributed by atoms with Crippen molar-refractivity contribution < 1.29 is 19.2 Å². The summed E-state index contributed by atoms with van der Waals surface area (Å²) in [5, 5.41) is 13.4. The molecular weight excluding hydrogens is 312 g/mol. The number of benzene rings is 2. The van der Waals surface area contributed by atoms with Crippen LogP contribution in [0.1, 0.15) is 13.8 Å². The predicted octanol–water partition coefficient (Wildman–Crippen LogP) is 3.40. The predicted molar refractivity (Wildman–Crippen MR) is 89.4 cm³/mol. The maximum atomic E-state index is 12.2. The van der Waals surface area contributed by atoms with Crippen LogP contribution < -0.4 is 14.8 Å². The number of carbonyl (C=O) groups is 1. The lowest BCUT2D eigenvalue weighted by Crippen LogP contribution is -2.30. The number of para-hydroxylation sites is 2. The highest BCUT2D eigenvalue weighted by atomic mass is 16.6. The van der Waals surface area contributed by atoms with Gasteiger partial charge in [0.25, 0.3) is 11.6 Å². The van der Waals surface area contributed by atoms with Crippen LogP contribution in [0, 0.1) is 10.1 Å². The Labute approximate surface area is 139 Å². The number of nitro groups is 1. The number of ether oxygens (including phenoxy) is 2. The van der Waals surface area contributed by atoms with Crippen molar-refractivity contribution in [2.75, 3.05) is 11.9 Å². The first-order valence-corrected chi connectivity index (χ1v) is 7.45. The van der Waals surface area contributed by atoms with Gasteiger partial charge in [0.1, 0.15) is 0 Å². The molecular formula is C17H18N2O5. The highest BCUT2D eigenvalue weighted by molar-refractivity contribution is 5.94. The summed E-state index contributed by atoms with van der Waals surface area (Å²) in [6, 6.07) is 12.8. The normalized spacial score (nSPS) is 11.4. The van der Waals surface area contributed by atoms with Crippen molar-refractivity contribution in [1.82, 2.24) is 0 Å². The van der Waals surface area contributed by atoms with E-state index in [9.17, 15) is 14.9 Å². The third-order valence-corrected chi connectivity index (χ3v) is 3.15. The van der Waals surface area contributed by atoms with Gasteiger partial charge in [-0.3, -0.25) is 14.9 Å². The summed E-state index contributed by atoms with van der Waals surface area (Å²) < 4.78 is 11.1. The summed E-state index contributed by atoms with van der Waals surface area (Å²) in [4.78, 5) is 22.5. The molecule has 126 valence electrons. The van der Waals surface area contributed by atoms with Crippen LogP contribution >= 0.6 is 0 Å². The van der Waals surface area contributed by atoms with Crippen LogP contribution in [0.3, 0.4) is 0 Å². The quantitative estimate of drug-likeness (QED) is 0.620. The zero-order valence-electron chi connectivity index (χ0n) is 13.4. The van der Waals surface area contributed by atoms with E-state index >= 15 is 0 Å². The highest BCUT2D eigenvalue weighted by Gasteiger charge is 2.18. The zero-order chi connectivity index (χ0) is 17.5. The third kappa shape index (κ3) is 4.45. The van der Waals surface area contributed by atoms with Crippen molar-refractivity contribution >= 4 is 17.3 Å². The van der Waals surface area contributed by atoms with Crippen LogP contribution in [0.2, 0.25) is 0 Å². The van der Waals surface area contributed by atoms with Crippen molar-refractivity contribution in [3.8, 4) is 11.5 Å². The molecule has 1 atom stereocenters. The van der Waals surface area contributed by atoms with E-state index in [1.165, 1.54) is 18.2 Å². The second-order valence-electron chi connectivity index (χ2n) is 4.94. The number of nitrogens with zero attached hydrogens (tertiary/aromatic N) is 1. The summed E-state index contributed by atoms with van der Waals surface area (Å²) in [5.74, 6) is 0.595. The van der Waals surface area contributed by atoms with E-state index in [4.69, 9.17) is 9.47 Å². The minimum absolute atomic E-state index is 0.0944. The van der Waals surface area contributed by atoms with E-state index in [1.54, 1.807) is 31.2 Å². The van der Waals surface area contributed by atoms with Gasteiger partial charge in [0.15, 0.2) is 17.6 Å². The molecule has 0 saturated heterocycles. The smallest absolute Gasteiger partial charge is 0.271 e. The highest BCUT2D eigenvalue weighted by Crippen LogP contribution is 2.27. The Morgan fingerprint density at radius 1 is 1.21 bits per heavy atom. The fraction of sp³-hybridized carbons (Fsp3) is 0.235. The molecule has 0 fully saturated rings. The molecule has 0 radical (unpaired) electrons. The average molecular weight is 330 g/mol. The Bertz CT molecular complexity index is 732. The maximum absolute atomic E-state index is 12.2. The van der Waals surface area contributed by atoms with Crippen LogP contribution in [0.5, 0.6) is 11.5 Å². The summed E-state index contributed by atoms with van der Waals surface area (Å²) in [6.45, 7) is 3.93. The van der Waals surface area contributed by atoms with Crippen molar-refractivity contribution in [3.63, 3.8) is 0 Å². The second kappa shape index (κ2) is 7.96. The number of hydrogen-bond donors (Lipinski definition) is 1. The largest absolute Gasteiger partial charge is 0.490 e. The lowest BCUT2D eigenvalue weighted by Gasteiger charge is -2.17. The van der Waals surface area contributed by atoms with Gasteiger partial charge < -0.3 is 14.8 Å². The molecule has 1 amide bonds. The first-order valence-electron chi connectivity index (χ1n) is 7.45. The Morgan fingerprint density at radius 2 is 1.92 bits per heavy atom. The molecule has 7 nitrogen and oxygen atoms in total. The molecule has 0 aliphatic rings. The van der Waals surface area contributed by atoms with Gasteiger partial charge >= 0.3 is 0 Å². The number of carbonyl (C=O) groups excluding carboxylic acids is 1. The molecule has 0 aliphatic heterocycles. The molecule has 1 N–H and O–H groups in total. The molecule has 0 aromatic heterocycles. The fourth-order valence-electron chi connectivity index (χ4n) is 2.01. The summed E-state index contributed by atoms with van der Waals surface area (Å²) in [5.41, 5.74) is 0.241. The lowest BCUT2D eigenvalue weighted by molar-refractivity contribution is -0.384. The van der Waals surface area contributed by atoms with Gasteiger partial charge in [0, 0.05) is 17.8 Å². The molecule has 0 aliphatic carbocycles. The van der Waals surface area contributed by atoms with Crippen LogP contribution in [0.25, 0.3) is 0 Å². The third-order valence-electron chi connectivity index (χ3n) is 3.15. The van der Waals surface area contributed by atoms with Crippen molar-refractivity contribution in [3.05, 3.63) is 58.6 Å². The number of hydrogen-bond acceptors (Lipinski definition) is 5. The number of rotatable bonds is 7. The van der Waals surface area contributed by atoms with Crippen LogP contribution in [-0.2, 0) is 4.79 Å². The SMILES string of the molecule is CCOc1ccccc1OC(C)C(=O)Nc1cccc([N+](=O)[O-])c1. The Hall–Kier alpha value is -3.09. The molecule has 2 aromatic rings. The first-order chi connectivity index (χ1) is 11.5. The number of anilines is 1. The minimum atomic E-state index is -0.800. The van der Waals surface area contributed by atoms with E-state index in [1.807, 2.05) is 13.0 Å². The van der Waals surface area contributed by atoms with Crippen molar-refractivity contribution in [1.29, 1.82) is 0 Å². The van der Waals surface area contributed by atoms with Gasteiger partial charge in [-0.2, -0.15) is 0 Å². The van der Waals surface area contributed by atoms with Gasteiger partial charge in [0.05, 0.1) is 11.5 Å². The Kier molecular flexibility index (Phi) is 5.73. The molecule has 0 bridgehead atoms. The standard InChI is InChI=1S/C17H18N2O5/c1-3-23-15-9-4-5-10-16(15)24-12(2)17(20)18-13-7-6-8-14(11-13)19(21)22/h4-12H,3H2,1-2H3,(H,18,20).